The van der Waals surface area contributed by atoms with Crippen LogP contribution in [0.25, 0.3) is 10.2 Å². The summed E-state index contributed by atoms with van der Waals surface area (Å²) in [4.78, 5) is 20.0. The van der Waals surface area contributed by atoms with Crippen molar-refractivity contribution in [2.75, 3.05) is 35.7 Å². The normalized spacial score (nSPS) is 15.9. The van der Waals surface area contributed by atoms with E-state index >= 15 is 0 Å². The maximum Gasteiger partial charge on any atom is 0.229 e. The Balaban J connectivity index is 1.22. The third kappa shape index (κ3) is 4.93. The number of methoxy groups -OCH3 is 1. The van der Waals surface area contributed by atoms with E-state index in [1.807, 2.05) is 72.8 Å². The van der Waals surface area contributed by atoms with Crippen LogP contribution in [-0.2, 0) is 4.79 Å². The summed E-state index contributed by atoms with van der Waals surface area (Å²) in [5.41, 5.74) is 3.79. The fraction of sp³-hybridized carbons (Fsp3) is 0.231. The average molecular weight is 459 g/mol. The summed E-state index contributed by atoms with van der Waals surface area (Å²) >= 11 is 1.65. The van der Waals surface area contributed by atoms with Gasteiger partial charge in [-0.15, -0.1) is 0 Å². The van der Waals surface area contributed by atoms with Crippen LogP contribution in [0.1, 0.15) is 12.8 Å². The van der Waals surface area contributed by atoms with Crippen LogP contribution in [0.3, 0.4) is 0 Å². The summed E-state index contributed by atoms with van der Waals surface area (Å²) in [6.07, 6.45) is 1.85. The number of aromatic nitrogens is 1. The van der Waals surface area contributed by atoms with E-state index in [1.54, 1.807) is 18.4 Å². The van der Waals surface area contributed by atoms with Gasteiger partial charge in [0, 0.05) is 30.2 Å². The third-order valence-electron chi connectivity index (χ3n) is 5.86. The lowest BCUT2D eigenvalue weighted by molar-refractivity contribution is -0.120. The topological polar surface area (TPSA) is 66.5 Å². The number of amides is 1. The zero-order valence-electron chi connectivity index (χ0n) is 18.5. The molecule has 0 spiro atoms. The molecule has 33 heavy (non-hydrogen) atoms. The van der Waals surface area contributed by atoms with E-state index in [0.717, 1.165) is 57.5 Å². The van der Waals surface area contributed by atoms with E-state index in [1.165, 1.54) is 0 Å². The monoisotopic (exact) mass is 458 g/mol. The highest BCUT2D eigenvalue weighted by molar-refractivity contribution is 7.22. The van der Waals surface area contributed by atoms with Crippen molar-refractivity contribution < 1.29 is 9.53 Å². The number of fused-ring (bicyclic) bond motifs is 1. The van der Waals surface area contributed by atoms with Gasteiger partial charge in [-0.2, -0.15) is 0 Å². The van der Waals surface area contributed by atoms with Gasteiger partial charge in [-0.25, -0.2) is 4.98 Å². The van der Waals surface area contributed by atoms with Crippen molar-refractivity contribution in [2.45, 2.75) is 12.8 Å². The largest absolute Gasteiger partial charge is 0.497 e. The number of carbonyl (C=O) groups excluding carboxylic acids is 1. The minimum atomic E-state index is -0.0672. The van der Waals surface area contributed by atoms with E-state index in [4.69, 9.17) is 9.72 Å². The molecule has 1 aliphatic heterocycles. The zero-order chi connectivity index (χ0) is 22.6. The Labute approximate surface area is 197 Å². The maximum atomic E-state index is 13.0. The van der Waals surface area contributed by atoms with Gasteiger partial charge in [0.1, 0.15) is 5.75 Å². The Morgan fingerprint density at radius 1 is 1.03 bits per heavy atom. The van der Waals surface area contributed by atoms with Crippen LogP contribution in [-0.4, -0.2) is 31.1 Å². The van der Waals surface area contributed by atoms with Crippen molar-refractivity contribution in [1.82, 2.24) is 4.98 Å². The van der Waals surface area contributed by atoms with Crippen molar-refractivity contribution in [2.24, 2.45) is 5.92 Å². The van der Waals surface area contributed by atoms with Gasteiger partial charge in [0.15, 0.2) is 5.13 Å². The smallest absolute Gasteiger partial charge is 0.229 e. The van der Waals surface area contributed by atoms with Gasteiger partial charge in [-0.05, 0) is 67.4 Å². The molecule has 1 aromatic heterocycles. The van der Waals surface area contributed by atoms with E-state index in [2.05, 4.69) is 15.5 Å². The Bertz CT molecular complexity index is 1240. The van der Waals surface area contributed by atoms with Gasteiger partial charge < -0.3 is 20.3 Å². The molecule has 1 aliphatic rings. The number of para-hydroxylation sites is 1. The standard InChI is InChI=1S/C26H26N4O2S/c1-32-22-13-14-23-24(16-22)33-26(29-23)30-15-5-6-18(17-30)25(31)28-21-11-9-20(10-12-21)27-19-7-3-2-4-8-19/h2-4,7-14,16,18,27H,5-6,15,17H2,1H3,(H,28,31). The Morgan fingerprint density at radius 3 is 2.58 bits per heavy atom. The van der Waals surface area contributed by atoms with Crippen LogP contribution in [0.5, 0.6) is 5.75 Å². The molecule has 2 heterocycles. The third-order valence-corrected chi connectivity index (χ3v) is 6.94. The molecule has 1 atom stereocenters. The second-order valence-electron chi connectivity index (χ2n) is 8.17. The van der Waals surface area contributed by atoms with Gasteiger partial charge in [-0.1, -0.05) is 29.5 Å². The number of carbonyl (C=O) groups is 1. The first-order valence-corrected chi connectivity index (χ1v) is 11.9. The highest BCUT2D eigenvalue weighted by Crippen LogP contribution is 2.33. The second kappa shape index (κ2) is 9.50. The molecule has 1 amide bonds. The van der Waals surface area contributed by atoms with Gasteiger partial charge in [0.05, 0.1) is 23.2 Å². The molecule has 5 rings (SSSR count). The highest BCUT2D eigenvalue weighted by atomic mass is 32.1. The van der Waals surface area contributed by atoms with E-state index in [-0.39, 0.29) is 11.8 Å². The molecule has 1 saturated heterocycles. The number of benzene rings is 3. The van der Waals surface area contributed by atoms with Crippen molar-refractivity contribution in [3.8, 4) is 5.75 Å². The van der Waals surface area contributed by atoms with Crippen molar-refractivity contribution in [3.05, 3.63) is 72.8 Å². The van der Waals surface area contributed by atoms with Crippen molar-refractivity contribution in [3.63, 3.8) is 0 Å². The predicted molar refractivity (Wildman–Crippen MR) is 136 cm³/mol. The fourth-order valence-electron chi connectivity index (χ4n) is 4.09. The summed E-state index contributed by atoms with van der Waals surface area (Å²) in [5, 5.41) is 7.41. The number of anilines is 4. The lowest BCUT2D eigenvalue weighted by atomic mass is 9.97. The Kier molecular flexibility index (Phi) is 6.13. The summed E-state index contributed by atoms with van der Waals surface area (Å²) in [6.45, 7) is 1.59. The van der Waals surface area contributed by atoms with Crippen LogP contribution >= 0.6 is 11.3 Å². The lowest BCUT2D eigenvalue weighted by Gasteiger charge is -2.31. The molecule has 0 radical (unpaired) electrons. The van der Waals surface area contributed by atoms with Gasteiger partial charge >= 0.3 is 0 Å². The van der Waals surface area contributed by atoms with Crippen LogP contribution in [0.4, 0.5) is 22.2 Å². The van der Waals surface area contributed by atoms with Gasteiger partial charge in [0.2, 0.25) is 5.91 Å². The summed E-state index contributed by atoms with van der Waals surface area (Å²) in [6, 6.07) is 23.8. The molecule has 4 aromatic rings. The number of nitrogens with one attached hydrogen (secondary N) is 2. The number of nitrogens with zero attached hydrogens (tertiary/aromatic N) is 2. The van der Waals surface area contributed by atoms with Crippen LogP contribution < -0.4 is 20.3 Å². The SMILES string of the molecule is COc1ccc2nc(N3CCCC(C(=O)Nc4ccc(Nc5ccccc5)cc4)C3)sc2c1. The van der Waals surface area contributed by atoms with E-state index < -0.39 is 0 Å². The van der Waals surface area contributed by atoms with Crippen molar-refractivity contribution in [1.29, 1.82) is 0 Å². The molecular formula is C26H26N4O2S. The first-order chi connectivity index (χ1) is 16.2. The molecule has 168 valence electrons. The second-order valence-corrected chi connectivity index (χ2v) is 9.18. The number of hydrogen-bond acceptors (Lipinski definition) is 6. The number of ether oxygens (including phenoxy) is 1. The minimum absolute atomic E-state index is 0.0613. The first-order valence-electron chi connectivity index (χ1n) is 11.1. The van der Waals surface area contributed by atoms with Gasteiger partial charge in [-0.3, -0.25) is 4.79 Å². The molecule has 0 saturated carbocycles. The van der Waals surface area contributed by atoms with Crippen LogP contribution in [0, 0.1) is 5.92 Å². The zero-order valence-corrected chi connectivity index (χ0v) is 19.3. The predicted octanol–water partition coefficient (Wildman–Crippen LogP) is 5.90. The van der Waals surface area contributed by atoms with E-state index in [9.17, 15) is 4.79 Å². The molecular weight excluding hydrogens is 432 g/mol. The number of rotatable bonds is 6. The summed E-state index contributed by atoms with van der Waals surface area (Å²) < 4.78 is 6.42. The average Bonchev–Trinajstić information content (AvgIpc) is 3.29. The molecule has 0 aliphatic carbocycles. The number of thiazole rings is 1. The minimum Gasteiger partial charge on any atom is -0.497 e. The maximum absolute atomic E-state index is 13.0. The Morgan fingerprint density at radius 2 is 1.79 bits per heavy atom. The fourth-order valence-corrected chi connectivity index (χ4v) is 5.12. The van der Waals surface area contributed by atoms with Crippen LogP contribution in [0.15, 0.2) is 72.8 Å². The van der Waals surface area contributed by atoms with Crippen molar-refractivity contribution >= 4 is 49.7 Å². The molecule has 1 unspecified atom stereocenters. The molecule has 3 aromatic carbocycles. The van der Waals surface area contributed by atoms with E-state index in [0.29, 0.717) is 6.54 Å². The molecule has 2 N–H and O–H groups in total. The summed E-state index contributed by atoms with van der Waals surface area (Å²) in [5.74, 6) is 0.826. The molecule has 0 bridgehead atoms. The number of piperidine rings is 1. The quantitative estimate of drug-likeness (QED) is 0.376. The Hall–Kier alpha value is -3.58. The molecule has 6 nitrogen and oxygen atoms in total. The number of hydrogen-bond donors (Lipinski definition) is 2. The van der Waals surface area contributed by atoms with Gasteiger partial charge in [0.25, 0.3) is 0 Å². The summed E-state index contributed by atoms with van der Waals surface area (Å²) in [7, 11) is 1.67. The van der Waals surface area contributed by atoms with Crippen LogP contribution in [0.2, 0.25) is 0 Å². The molecule has 1 fully saturated rings. The first kappa shape index (κ1) is 21.3. The highest BCUT2D eigenvalue weighted by Gasteiger charge is 2.27. The lowest BCUT2D eigenvalue weighted by Crippen LogP contribution is -2.40. The molecule has 7 heteroatoms.